The van der Waals surface area contributed by atoms with Crippen molar-refractivity contribution in [3.8, 4) is 0 Å². The summed E-state index contributed by atoms with van der Waals surface area (Å²) in [6.45, 7) is 1.75. The second kappa shape index (κ2) is 5.89. The fraction of sp³-hybridized carbons (Fsp3) is 0.364. The van der Waals surface area contributed by atoms with Gasteiger partial charge in [-0.15, -0.1) is 0 Å². The number of nitrogens with one attached hydrogen (secondary N) is 2. The summed E-state index contributed by atoms with van der Waals surface area (Å²) < 4.78 is 25.6. The molecule has 0 fully saturated rings. The molecule has 0 aliphatic carbocycles. The van der Waals surface area contributed by atoms with Gasteiger partial charge in [-0.1, -0.05) is 0 Å². The van der Waals surface area contributed by atoms with E-state index in [9.17, 15) is 13.2 Å². The molecule has 0 saturated carbocycles. The number of carbonyl (C=O) groups is 1. The lowest BCUT2D eigenvalue weighted by atomic mass is 10.2. The largest absolute Gasteiger partial charge is 0.397 e. The Hall–Kier alpha value is -1.80. The van der Waals surface area contributed by atoms with Crippen LogP contribution in [0.15, 0.2) is 23.1 Å². The molecule has 0 bridgehead atoms. The summed E-state index contributed by atoms with van der Waals surface area (Å²) in [6.07, 6.45) is 0.127. The molecular formula is C11H18N4O3S. The zero-order valence-electron chi connectivity index (χ0n) is 10.8. The number of sulfonamides is 1. The maximum Gasteiger partial charge on any atom is 0.240 e. The summed E-state index contributed by atoms with van der Waals surface area (Å²) in [5, 5.41) is 2.96. The van der Waals surface area contributed by atoms with E-state index in [0.717, 1.165) is 0 Å². The SMILES string of the molecule is CNS(=O)(=O)c1ccc(N)c(NC(C)CC(N)=O)c1. The summed E-state index contributed by atoms with van der Waals surface area (Å²) in [6, 6.07) is 4.07. The molecule has 7 nitrogen and oxygen atoms in total. The summed E-state index contributed by atoms with van der Waals surface area (Å²) in [5.41, 5.74) is 11.7. The predicted octanol–water partition coefficient (Wildman–Crippen LogP) is -0.147. The highest BCUT2D eigenvalue weighted by molar-refractivity contribution is 7.89. The Morgan fingerprint density at radius 2 is 2.05 bits per heavy atom. The van der Waals surface area contributed by atoms with Crippen molar-refractivity contribution in [3.05, 3.63) is 18.2 Å². The van der Waals surface area contributed by atoms with E-state index >= 15 is 0 Å². The summed E-state index contributed by atoms with van der Waals surface area (Å²) in [5.74, 6) is -0.447. The molecule has 106 valence electrons. The number of rotatable bonds is 6. The maximum atomic E-state index is 11.7. The smallest absolute Gasteiger partial charge is 0.240 e. The molecule has 1 aromatic rings. The van der Waals surface area contributed by atoms with Crippen LogP contribution >= 0.6 is 0 Å². The predicted molar refractivity (Wildman–Crippen MR) is 74.0 cm³/mol. The average molecular weight is 286 g/mol. The van der Waals surface area contributed by atoms with E-state index < -0.39 is 15.9 Å². The van der Waals surface area contributed by atoms with E-state index in [1.165, 1.54) is 25.2 Å². The van der Waals surface area contributed by atoms with Crippen LogP contribution in [0.25, 0.3) is 0 Å². The van der Waals surface area contributed by atoms with Crippen molar-refractivity contribution in [1.82, 2.24) is 4.72 Å². The quantitative estimate of drug-likeness (QED) is 0.541. The monoisotopic (exact) mass is 286 g/mol. The highest BCUT2D eigenvalue weighted by Gasteiger charge is 2.14. The minimum atomic E-state index is -3.53. The van der Waals surface area contributed by atoms with Crippen molar-refractivity contribution in [2.45, 2.75) is 24.3 Å². The van der Waals surface area contributed by atoms with Gasteiger partial charge in [0.15, 0.2) is 0 Å². The zero-order valence-corrected chi connectivity index (χ0v) is 11.6. The average Bonchev–Trinajstić information content (AvgIpc) is 2.30. The molecule has 0 aliphatic rings. The lowest BCUT2D eigenvalue weighted by Gasteiger charge is -2.16. The van der Waals surface area contributed by atoms with Crippen LogP contribution in [0.2, 0.25) is 0 Å². The number of primary amides is 1. The van der Waals surface area contributed by atoms with Crippen LogP contribution in [-0.2, 0) is 14.8 Å². The minimum absolute atomic E-state index is 0.0953. The van der Waals surface area contributed by atoms with Crippen LogP contribution in [0.3, 0.4) is 0 Å². The van der Waals surface area contributed by atoms with Gasteiger partial charge >= 0.3 is 0 Å². The van der Waals surface area contributed by atoms with Gasteiger partial charge in [0, 0.05) is 12.5 Å². The van der Waals surface area contributed by atoms with Gasteiger partial charge in [-0.05, 0) is 32.2 Å². The van der Waals surface area contributed by atoms with E-state index in [4.69, 9.17) is 11.5 Å². The molecule has 0 heterocycles. The number of amides is 1. The maximum absolute atomic E-state index is 11.7. The molecule has 6 N–H and O–H groups in total. The van der Waals surface area contributed by atoms with E-state index in [2.05, 4.69) is 10.0 Å². The molecule has 1 rings (SSSR count). The van der Waals surface area contributed by atoms with Crippen molar-refractivity contribution < 1.29 is 13.2 Å². The third-order valence-electron chi connectivity index (χ3n) is 2.51. The number of carbonyl (C=O) groups excluding carboxylic acids is 1. The van der Waals surface area contributed by atoms with Gasteiger partial charge in [0.1, 0.15) is 0 Å². The lowest BCUT2D eigenvalue weighted by molar-refractivity contribution is -0.118. The van der Waals surface area contributed by atoms with E-state index in [1.807, 2.05) is 0 Å². The topological polar surface area (TPSA) is 127 Å². The third kappa shape index (κ3) is 4.11. The zero-order chi connectivity index (χ0) is 14.6. The van der Waals surface area contributed by atoms with Crippen LogP contribution in [0.5, 0.6) is 0 Å². The van der Waals surface area contributed by atoms with Crippen LogP contribution < -0.4 is 21.5 Å². The highest BCUT2D eigenvalue weighted by Crippen LogP contribution is 2.23. The van der Waals surface area contributed by atoms with Crippen LogP contribution in [0.1, 0.15) is 13.3 Å². The first-order valence-corrected chi connectivity index (χ1v) is 7.12. The molecule has 19 heavy (non-hydrogen) atoms. The Kier molecular flexibility index (Phi) is 4.73. The van der Waals surface area contributed by atoms with E-state index in [-0.39, 0.29) is 17.4 Å². The first kappa shape index (κ1) is 15.3. The van der Waals surface area contributed by atoms with E-state index in [1.54, 1.807) is 6.92 Å². The van der Waals surface area contributed by atoms with Crippen LogP contribution in [0, 0.1) is 0 Å². The summed E-state index contributed by atoms with van der Waals surface area (Å²) in [4.78, 5) is 10.9. The van der Waals surface area contributed by atoms with Crippen molar-refractivity contribution in [2.75, 3.05) is 18.1 Å². The Morgan fingerprint density at radius 3 is 2.58 bits per heavy atom. The molecule has 1 amide bonds. The summed E-state index contributed by atoms with van der Waals surface area (Å²) in [7, 11) is -2.21. The molecule has 1 aromatic carbocycles. The molecule has 0 spiro atoms. The number of hydrogen-bond donors (Lipinski definition) is 4. The fourth-order valence-corrected chi connectivity index (χ4v) is 2.32. The Labute approximate surface area is 112 Å². The van der Waals surface area contributed by atoms with Crippen molar-refractivity contribution in [3.63, 3.8) is 0 Å². The number of benzene rings is 1. The first-order chi connectivity index (χ1) is 8.76. The van der Waals surface area contributed by atoms with Crippen molar-refractivity contribution in [1.29, 1.82) is 0 Å². The van der Waals surface area contributed by atoms with Gasteiger partial charge in [-0.25, -0.2) is 13.1 Å². The van der Waals surface area contributed by atoms with Gasteiger partial charge < -0.3 is 16.8 Å². The van der Waals surface area contributed by atoms with Gasteiger partial charge in [0.05, 0.1) is 16.3 Å². The Balaban J connectivity index is 3.02. The second-order valence-electron chi connectivity index (χ2n) is 4.17. The normalized spacial score (nSPS) is 12.9. The minimum Gasteiger partial charge on any atom is -0.397 e. The van der Waals surface area contributed by atoms with Gasteiger partial charge in [-0.2, -0.15) is 0 Å². The van der Waals surface area contributed by atoms with Crippen molar-refractivity contribution in [2.24, 2.45) is 5.73 Å². The van der Waals surface area contributed by atoms with Crippen molar-refractivity contribution >= 4 is 27.3 Å². The molecule has 8 heteroatoms. The second-order valence-corrected chi connectivity index (χ2v) is 6.06. The van der Waals surface area contributed by atoms with Crippen LogP contribution in [-0.4, -0.2) is 27.4 Å². The summed E-state index contributed by atoms with van der Waals surface area (Å²) >= 11 is 0. The third-order valence-corrected chi connectivity index (χ3v) is 3.93. The molecule has 0 aliphatic heterocycles. The van der Waals surface area contributed by atoms with Crippen LogP contribution in [0.4, 0.5) is 11.4 Å². The molecule has 1 unspecified atom stereocenters. The molecule has 0 radical (unpaired) electrons. The van der Waals surface area contributed by atoms with Gasteiger partial charge in [0.2, 0.25) is 15.9 Å². The number of hydrogen-bond acceptors (Lipinski definition) is 5. The van der Waals surface area contributed by atoms with E-state index in [0.29, 0.717) is 11.4 Å². The Bertz CT molecular complexity index is 571. The molecule has 1 atom stereocenters. The van der Waals surface area contributed by atoms with Gasteiger partial charge in [-0.3, -0.25) is 4.79 Å². The lowest BCUT2D eigenvalue weighted by Crippen LogP contribution is -2.25. The first-order valence-electron chi connectivity index (χ1n) is 5.64. The number of anilines is 2. The number of nitrogen functional groups attached to an aromatic ring is 1. The standard InChI is InChI=1S/C11H18N4O3S/c1-7(5-11(13)16)15-10-6-8(3-4-9(10)12)19(17,18)14-2/h3-4,6-7,14-15H,5,12H2,1-2H3,(H2,13,16). The number of nitrogens with two attached hydrogens (primary N) is 2. The Morgan fingerprint density at radius 1 is 1.42 bits per heavy atom. The molecule has 0 saturated heterocycles. The molecular weight excluding hydrogens is 268 g/mol. The molecule has 0 aromatic heterocycles. The highest BCUT2D eigenvalue weighted by atomic mass is 32.2. The fourth-order valence-electron chi connectivity index (χ4n) is 1.56. The van der Waals surface area contributed by atoms with Gasteiger partial charge in [0.25, 0.3) is 0 Å².